The smallest absolute Gasteiger partial charge is 0.371 e. The minimum atomic E-state index is -1.52. The van der Waals surface area contributed by atoms with Crippen molar-refractivity contribution in [1.82, 2.24) is 0 Å². The van der Waals surface area contributed by atoms with Crippen LogP contribution in [0.25, 0.3) is 0 Å². The Morgan fingerprint density at radius 2 is 1.85 bits per heavy atom. The van der Waals surface area contributed by atoms with E-state index in [2.05, 4.69) is 0 Å². The molecule has 0 radical (unpaired) electrons. The lowest BCUT2D eigenvalue weighted by Crippen LogP contribution is -2.03. The maximum Gasteiger partial charge on any atom is 0.371 e. The summed E-state index contributed by atoms with van der Waals surface area (Å²) in [6.45, 7) is 0. The van der Waals surface area contributed by atoms with E-state index in [4.69, 9.17) is 10.2 Å². The van der Waals surface area contributed by atoms with Crippen molar-refractivity contribution in [3.05, 3.63) is 59.2 Å². The highest BCUT2D eigenvalue weighted by atomic mass is 32.2. The third kappa shape index (κ3) is 3.72. The number of rotatable bonds is 5. The Hall–Kier alpha value is -2.05. The Labute approximate surface area is 123 Å². The average Bonchev–Trinajstić information content (AvgIpc) is 2.88. The van der Waals surface area contributed by atoms with Crippen LogP contribution in [0, 0.1) is 0 Å². The molecule has 0 spiro atoms. The number of carboxylic acids is 1. The van der Waals surface area contributed by atoms with E-state index in [1.807, 2.05) is 30.3 Å². The summed E-state index contributed by atoms with van der Waals surface area (Å²) >= 11 is 2.91. The molecule has 0 bridgehead atoms. The van der Waals surface area contributed by atoms with Gasteiger partial charge in [-0.25, -0.2) is 4.79 Å². The number of carboxylic acid groups (broad SMARTS) is 1. The molecule has 0 unspecified atom stereocenters. The van der Waals surface area contributed by atoms with Gasteiger partial charge in [-0.05, 0) is 18.2 Å². The number of carbonyl (C=O) groups is 2. The molecule has 2 N–H and O–H groups in total. The van der Waals surface area contributed by atoms with Crippen molar-refractivity contribution in [2.45, 2.75) is 9.10 Å². The van der Waals surface area contributed by atoms with Crippen molar-refractivity contribution in [3.8, 4) is 0 Å². The number of aliphatic hydroxyl groups is 1. The zero-order valence-electron chi connectivity index (χ0n) is 10.1. The zero-order chi connectivity index (χ0) is 14.5. The van der Waals surface area contributed by atoms with Gasteiger partial charge in [0.2, 0.25) is 5.76 Å². The van der Waals surface area contributed by atoms with E-state index in [-0.39, 0.29) is 0 Å². The molecule has 0 aliphatic rings. The van der Waals surface area contributed by atoms with Crippen LogP contribution in [-0.4, -0.2) is 22.0 Å². The minimum absolute atomic E-state index is 0.362. The summed E-state index contributed by atoms with van der Waals surface area (Å²) in [5, 5.41) is 19.2. The summed E-state index contributed by atoms with van der Waals surface area (Å²) in [6.07, 6.45) is 0.710. The van der Waals surface area contributed by atoms with Gasteiger partial charge in [-0.3, -0.25) is 4.79 Å². The molecule has 0 aliphatic carbocycles. The van der Waals surface area contributed by atoms with Crippen LogP contribution in [-0.2, 0) is 4.79 Å². The van der Waals surface area contributed by atoms with Gasteiger partial charge in [-0.1, -0.05) is 30.0 Å². The second-order valence-corrected chi connectivity index (χ2v) is 6.05. The highest BCUT2D eigenvalue weighted by molar-refractivity contribution is 8.01. The number of carbonyl (C=O) groups excluding carboxylic acids is 1. The molecule has 102 valence electrons. The molecule has 0 fully saturated rings. The van der Waals surface area contributed by atoms with E-state index in [1.165, 1.54) is 23.1 Å². The van der Waals surface area contributed by atoms with Gasteiger partial charge in [0.25, 0.3) is 0 Å². The number of thiophene rings is 1. The van der Waals surface area contributed by atoms with Gasteiger partial charge in [0.15, 0.2) is 5.78 Å². The number of benzene rings is 1. The van der Waals surface area contributed by atoms with Crippen molar-refractivity contribution < 1.29 is 19.8 Å². The van der Waals surface area contributed by atoms with Gasteiger partial charge < -0.3 is 10.2 Å². The van der Waals surface area contributed by atoms with Gasteiger partial charge >= 0.3 is 5.97 Å². The molecule has 1 aromatic heterocycles. The maximum absolute atomic E-state index is 11.7. The Kier molecular flexibility index (Phi) is 4.60. The lowest BCUT2D eigenvalue weighted by atomic mass is 10.2. The first-order valence-corrected chi connectivity index (χ1v) is 7.25. The average molecular weight is 306 g/mol. The fourth-order valence-electron chi connectivity index (χ4n) is 1.37. The SMILES string of the molecule is O=C(O)C(O)=CC(=O)c1csc(Sc2ccccc2)c1. The lowest BCUT2D eigenvalue weighted by molar-refractivity contribution is -0.135. The van der Waals surface area contributed by atoms with Crippen LogP contribution in [0.3, 0.4) is 0 Å². The Bertz CT molecular complexity index is 659. The van der Waals surface area contributed by atoms with Crippen LogP contribution in [0.4, 0.5) is 0 Å². The molecular formula is C14H10O4S2. The van der Waals surface area contributed by atoms with Crippen molar-refractivity contribution >= 4 is 34.9 Å². The van der Waals surface area contributed by atoms with Crippen molar-refractivity contribution in [1.29, 1.82) is 0 Å². The molecule has 0 atom stereocenters. The summed E-state index contributed by atoms with van der Waals surface area (Å²) in [5.74, 6) is -3.01. The molecule has 2 aromatic rings. The van der Waals surface area contributed by atoms with Crippen LogP contribution in [0.2, 0.25) is 0 Å². The Morgan fingerprint density at radius 3 is 2.50 bits per heavy atom. The van der Waals surface area contributed by atoms with Crippen molar-refractivity contribution in [2.24, 2.45) is 0 Å². The molecule has 1 aromatic carbocycles. The van der Waals surface area contributed by atoms with E-state index in [1.54, 1.807) is 11.4 Å². The number of hydrogen-bond donors (Lipinski definition) is 2. The third-order valence-corrected chi connectivity index (χ3v) is 4.40. The molecule has 6 heteroatoms. The maximum atomic E-state index is 11.7. The number of aliphatic hydroxyl groups excluding tert-OH is 1. The zero-order valence-corrected chi connectivity index (χ0v) is 11.8. The fraction of sp³-hybridized carbons (Fsp3) is 0. The molecule has 0 saturated carbocycles. The summed E-state index contributed by atoms with van der Waals surface area (Å²) in [7, 11) is 0. The first-order chi connectivity index (χ1) is 9.56. The normalized spacial score (nSPS) is 11.3. The van der Waals surface area contributed by atoms with Crippen LogP contribution < -0.4 is 0 Å². The number of hydrogen-bond acceptors (Lipinski definition) is 5. The van der Waals surface area contributed by atoms with Crippen LogP contribution >= 0.6 is 23.1 Å². The lowest BCUT2D eigenvalue weighted by Gasteiger charge is -1.96. The van der Waals surface area contributed by atoms with Crippen molar-refractivity contribution in [2.75, 3.05) is 0 Å². The monoisotopic (exact) mass is 306 g/mol. The summed E-state index contributed by atoms with van der Waals surface area (Å²) in [6, 6.07) is 11.4. The van der Waals surface area contributed by atoms with Gasteiger partial charge in [0.05, 0.1) is 4.21 Å². The molecule has 4 nitrogen and oxygen atoms in total. The van der Waals surface area contributed by atoms with E-state index in [0.29, 0.717) is 11.6 Å². The van der Waals surface area contributed by atoms with E-state index in [0.717, 1.165) is 9.10 Å². The molecule has 0 amide bonds. The highest BCUT2D eigenvalue weighted by Gasteiger charge is 2.11. The number of allylic oxidation sites excluding steroid dienone is 1. The van der Waals surface area contributed by atoms with Gasteiger partial charge in [-0.15, -0.1) is 11.3 Å². The third-order valence-electron chi connectivity index (χ3n) is 2.31. The predicted octanol–water partition coefficient (Wildman–Crippen LogP) is 3.61. The van der Waals surface area contributed by atoms with Crippen molar-refractivity contribution in [3.63, 3.8) is 0 Å². The Balaban J connectivity index is 2.11. The topological polar surface area (TPSA) is 74.6 Å². The summed E-state index contributed by atoms with van der Waals surface area (Å²) in [4.78, 5) is 23.2. The summed E-state index contributed by atoms with van der Waals surface area (Å²) in [5.41, 5.74) is 0.362. The van der Waals surface area contributed by atoms with Gasteiger partial charge in [-0.2, -0.15) is 0 Å². The fourth-order valence-corrected chi connectivity index (χ4v) is 3.33. The highest BCUT2D eigenvalue weighted by Crippen LogP contribution is 2.32. The summed E-state index contributed by atoms with van der Waals surface area (Å²) < 4.78 is 0.919. The second-order valence-electron chi connectivity index (χ2n) is 3.77. The molecule has 0 saturated heterocycles. The quantitative estimate of drug-likeness (QED) is 0.501. The first kappa shape index (κ1) is 14.4. The van der Waals surface area contributed by atoms with E-state index >= 15 is 0 Å². The van der Waals surface area contributed by atoms with Crippen LogP contribution in [0.15, 0.2) is 62.7 Å². The van der Waals surface area contributed by atoms with Crippen LogP contribution in [0.1, 0.15) is 10.4 Å². The van der Waals surface area contributed by atoms with E-state index < -0.39 is 17.5 Å². The standard InChI is InChI=1S/C14H10O4S2/c15-11(7-12(16)14(17)18)9-6-13(19-8-9)20-10-4-2-1-3-5-10/h1-8,16H,(H,17,18). The number of ketones is 1. The molecule has 1 heterocycles. The predicted molar refractivity (Wildman–Crippen MR) is 77.6 cm³/mol. The van der Waals surface area contributed by atoms with Gasteiger partial charge in [0, 0.05) is 21.9 Å². The second kappa shape index (κ2) is 6.40. The number of aliphatic carboxylic acids is 1. The first-order valence-electron chi connectivity index (χ1n) is 5.56. The largest absolute Gasteiger partial charge is 0.502 e. The van der Waals surface area contributed by atoms with Crippen LogP contribution in [0.5, 0.6) is 0 Å². The molecule has 2 rings (SSSR count). The molecule has 0 aliphatic heterocycles. The Morgan fingerprint density at radius 1 is 1.15 bits per heavy atom. The van der Waals surface area contributed by atoms with E-state index in [9.17, 15) is 9.59 Å². The minimum Gasteiger partial charge on any atom is -0.502 e. The molecule has 20 heavy (non-hydrogen) atoms. The van der Waals surface area contributed by atoms with Gasteiger partial charge in [0.1, 0.15) is 0 Å². The molecular weight excluding hydrogens is 296 g/mol.